The fraction of sp³-hybridized carbons (Fsp3) is 0.0800. The van der Waals surface area contributed by atoms with Crippen molar-refractivity contribution in [3.8, 4) is 0 Å². The molecule has 0 atom stereocenters. The maximum absolute atomic E-state index is 12.7. The van der Waals surface area contributed by atoms with Gasteiger partial charge in [0, 0.05) is 6.07 Å². The Morgan fingerprint density at radius 2 is 1.48 bits per heavy atom. The number of nitrogens with zero attached hydrogens (tertiary/aromatic N) is 1. The van der Waals surface area contributed by atoms with Crippen molar-refractivity contribution in [1.29, 1.82) is 0 Å². The van der Waals surface area contributed by atoms with Crippen LogP contribution in [0.4, 0.5) is 0 Å². The molecule has 3 aromatic carbocycles. The molecule has 4 rings (SSSR count). The van der Waals surface area contributed by atoms with Crippen molar-refractivity contribution >= 4 is 33.0 Å². The lowest BCUT2D eigenvalue weighted by molar-refractivity contribution is 0.264. The molecule has 0 radical (unpaired) electrons. The van der Waals surface area contributed by atoms with Crippen molar-refractivity contribution in [2.75, 3.05) is 0 Å². The van der Waals surface area contributed by atoms with Crippen molar-refractivity contribution in [3.63, 3.8) is 0 Å². The van der Waals surface area contributed by atoms with E-state index in [1.807, 2.05) is 55.5 Å². The Morgan fingerprint density at radius 1 is 0.774 bits per heavy atom. The molecule has 5 nitrogen and oxygen atoms in total. The van der Waals surface area contributed by atoms with Crippen LogP contribution in [0, 0.1) is 13.8 Å². The van der Waals surface area contributed by atoms with Crippen LogP contribution in [0.25, 0.3) is 22.9 Å². The molecule has 0 aliphatic rings. The molecular weight excluding hydrogens is 410 g/mol. The highest BCUT2D eigenvalue weighted by Gasteiger charge is 2.19. The van der Waals surface area contributed by atoms with Crippen molar-refractivity contribution in [1.82, 2.24) is 4.73 Å². The lowest BCUT2D eigenvalue weighted by atomic mass is 10.1. The maximum Gasteiger partial charge on any atom is 0.357 e. The zero-order chi connectivity index (χ0) is 22.0. The van der Waals surface area contributed by atoms with Crippen LogP contribution in [0.2, 0.25) is 0 Å². The molecule has 6 heteroatoms. The van der Waals surface area contributed by atoms with Gasteiger partial charge in [-0.3, -0.25) is 9.08 Å². The number of pyridine rings is 1. The number of benzene rings is 3. The first-order valence-corrected chi connectivity index (χ1v) is 11.1. The molecule has 0 bridgehead atoms. The molecule has 0 amide bonds. The second-order valence-corrected chi connectivity index (χ2v) is 8.90. The smallest absolute Gasteiger partial charge is 0.280 e. The highest BCUT2D eigenvalue weighted by atomic mass is 32.2. The van der Waals surface area contributed by atoms with Gasteiger partial charge in [0.05, 0.1) is 5.69 Å². The molecule has 1 heterocycles. The summed E-state index contributed by atoms with van der Waals surface area (Å²) in [6, 6.07) is 23.3. The molecule has 0 saturated heterocycles. The molecule has 0 aliphatic heterocycles. The summed E-state index contributed by atoms with van der Waals surface area (Å²) >= 11 is 0. The van der Waals surface area contributed by atoms with Crippen LogP contribution < -0.4 is 9.84 Å². The number of aromatic nitrogens is 1. The van der Waals surface area contributed by atoms with E-state index in [-0.39, 0.29) is 4.90 Å². The summed E-state index contributed by atoms with van der Waals surface area (Å²) in [5.74, 6) is 0. The van der Waals surface area contributed by atoms with E-state index in [9.17, 15) is 13.2 Å². The highest BCUT2D eigenvalue weighted by Crippen LogP contribution is 2.18. The van der Waals surface area contributed by atoms with E-state index in [0.29, 0.717) is 11.3 Å². The van der Waals surface area contributed by atoms with Crippen LogP contribution in [-0.2, 0) is 10.1 Å². The van der Waals surface area contributed by atoms with Crippen molar-refractivity contribution < 1.29 is 12.7 Å². The third-order valence-corrected chi connectivity index (χ3v) is 6.06. The monoisotopic (exact) mass is 431 g/mol. The Bertz CT molecular complexity index is 1450. The number of hydrogen-bond donors (Lipinski definition) is 0. The Morgan fingerprint density at radius 3 is 2.23 bits per heavy atom. The van der Waals surface area contributed by atoms with Crippen molar-refractivity contribution in [2.45, 2.75) is 18.7 Å². The quantitative estimate of drug-likeness (QED) is 0.463. The van der Waals surface area contributed by atoms with Gasteiger partial charge in [0.25, 0.3) is 5.56 Å². The van der Waals surface area contributed by atoms with Gasteiger partial charge in [0.1, 0.15) is 4.90 Å². The van der Waals surface area contributed by atoms with E-state index in [2.05, 4.69) is 0 Å². The lowest BCUT2D eigenvalue weighted by Crippen LogP contribution is -2.32. The van der Waals surface area contributed by atoms with Crippen LogP contribution in [0.15, 0.2) is 88.6 Å². The highest BCUT2D eigenvalue weighted by molar-refractivity contribution is 7.87. The van der Waals surface area contributed by atoms with Crippen LogP contribution in [-0.4, -0.2) is 13.1 Å². The Labute approximate surface area is 180 Å². The number of fused-ring (bicyclic) bond motifs is 1. The summed E-state index contributed by atoms with van der Waals surface area (Å²) in [5, 5.41) is 2.21. The molecule has 0 aliphatic carbocycles. The van der Waals surface area contributed by atoms with Gasteiger partial charge in [-0.1, -0.05) is 60.2 Å². The first-order valence-electron chi connectivity index (χ1n) is 9.74. The summed E-state index contributed by atoms with van der Waals surface area (Å²) in [5.41, 5.74) is 2.31. The average molecular weight is 432 g/mol. The first kappa shape index (κ1) is 20.6. The molecule has 4 aromatic rings. The molecule has 0 N–H and O–H groups in total. The third-order valence-electron chi connectivity index (χ3n) is 4.86. The number of hydrogen-bond acceptors (Lipinski definition) is 4. The van der Waals surface area contributed by atoms with Crippen LogP contribution in [0.3, 0.4) is 0 Å². The van der Waals surface area contributed by atoms with Crippen LogP contribution in [0.1, 0.15) is 22.4 Å². The van der Waals surface area contributed by atoms with Gasteiger partial charge in [-0.05, 0) is 66.1 Å². The summed E-state index contributed by atoms with van der Waals surface area (Å²) in [4.78, 5) is 12.5. The Hall–Kier alpha value is -3.64. The minimum atomic E-state index is -4.17. The second kappa shape index (κ2) is 8.24. The van der Waals surface area contributed by atoms with Gasteiger partial charge in [0.2, 0.25) is 0 Å². The average Bonchev–Trinajstić information content (AvgIpc) is 2.74. The predicted octanol–water partition coefficient (Wildman–Crippen LogP) is 4.61. The number of rotatable bonds is 5. The lowest BCUT2D eigenvalue weighted by Gasteiger charge is -2.12. The van der Waals surface area contributed by atoms with E-state index in [1.54, 1.807) is 31.2 Å². The number of aryl methyl sites for hydroxylation is 2. The maximum atomic E-state index is 12.7. The van der Waals surface area contributed by atoms with E-state index in [1.165, 1.54) is 18.2 Å². The summed E-state index contributed by atoms with van der Waals surface area (Å²) < 4.78 is 31.5. The van der Waals surface area contributed by atoms with E-state index < -0.39 is 15.7 Å². The molecular formula is C25H21NO4S. The zero-order valence-electron chi connectivity index (χ0n) is 17.1. The molecule has 0 unspecified atom stereocenters. The van der Waals surface area contributed by atoms with E-state index in [4.69, 9.17) is 4.28 Å². The minimum Gasteiger partial charge on any atom is -0.280 e. The topological polar surface area (TPSA) is 65.4 Å². The molecule has 0 saturated carbocycles. The Kier molecular flexibility index (Phi) is 5.48. The van der Waals surface area contributed by atoms with Crippen molar-refractivity contribution in [2.24, 2.45) is 0 Å². The predicted molar refractivity (Wildman–Crippen MR) is 123 cm³/mol. The van der Waals surface area contributed by atoms with Crippen LogP contribution >= 0.6 is 0 Å². The summed E-state index contributed by atoms with van der Waals surface area (Å²) in [6.07, 6.45) is 3.49. The second-order valence-electron chi connectivity index (χ2n) is 7.37. The fourth-order valence-corrected chi connectivity index (χ4v) is 4.16. The molecule has 1 aromatic heterocycles. The normalized spacial score (nSPS) is 11.8. The molecule has 0 fully saturated rings. The molecule has 31 heavy (non-hydrogen) atoms. The first-order chi connectivity index (χ1) is 14.8. The van der Waals surface area contributed by atoms with Crippen LogP contribution in [0.5, 0.6) is 0 Å². The largest absolute Gasteiger partial charge is 0.357 e. The third kappa shape index (κ3) is 4.59. The van der Waals surface area contributed by atoms with Crippen molar-refractivity contribution in [3.05, 3.63) is 112 Å². The summed E-state index contributed by atoms with van der Waals surface area (Å²) in [7, 11) is -4.17. The van der Waals surface area contributed by atoms with Gasteiger partial charge in [0.15, 0.2) is 0 Å². The molecule has 156 valence electrons. The van der Waals surface area contributed by atoms with E-state index >= 15 is 0 Å². The van der Waals surface area contributed by atoms with Gasteiger partial charge in [-0.25, -0.2) is 0 Å². The SMILES string of the molecule is Cc1ccc(S(=O)(=O)On2c(C=Cc3ccc4ccccc4c3)cc(C)cc2=O)cc1. The Balaban J connectivity index is 1.72. The van der Waals surface area contributed by atoms with Gasteiger partial charge < -0.3 is 0 Å². The van der Waals surface area contributed by atoms with Gasteiger partial charge in [-0.2, -0.15) is 8.42 Å². The zero-order valence-corrected chi connectivity index (χ0v) is 18.0. The van der Waals surface area contributed by atoms with Gasteiger partial charge >= 0.3 is 10.1 Å². The minimum absolute atomic E-state index is 0.0185. The standard InChI is InChI=1S/C25H21NO4S/c1-18-7-13-24(14-8-18)31(28,29)30-26-23(15-19(2)16-25(26)27)12-10-20-9-11-21-5-3-4-6-22(21)17-20/h3-17H,1-2H3. The molecule has 0 spiro atoms. The fourth-order valence-electron chi connectivity index (χ4n) is 3.25. The summed E-state index contributed by atoms with van der Waals surface area (Å²) in [6.45, 7) is 3.63. The van der Waals surface area contributed by atoms with Gasteiger partial charge in [-0.15, -0.1) is 4.73 Å². The van der Waals surface area contributed by atoms with E-state index in [0.717, 1.165) is 26.6 Å².